The number of benzene rings is 2. The maximum absolute atomic E-state index is 14.0. The number of carbonyl (C=O) groups excluding carboxylic acids is 1. The molecular weight excluding hydrogens is 613 g/mol. The van der Waals surface area contributed by atoms with E-state index < -0.39 is 55.9 Å². The third-order valence-corrected chi connectivity index (χ3v) is 12.1. The molecule has 2 fully saturated rings. The highest BCUT2D eigenvalue weighted by Crippen LogP contribution is 2.66. The van der Waals surface area contributed by atoms with E-state index >= 15 is 0 Å². The zero-order valence-corrected chi connectivity index (χ0v) is 25.3. The fourth-order valence-corrected chi connectivity index (χ4v) is 9.81. The van der Waals surface area contributed by atoms with Crippen LogP contribution in [0.1, 0.15) is 41.5 Å². The van der Waals surface area contributed by atoms with Crippen molar-refractivity contribution in [3.63, 3.8) is 0 Å². The zero-order chi connectivity index (χ0) is 31.9. The van der Waals surface area contributed by atoms with E-state index in [1.165, 1.54) is 30.0 Å². The molecule has 1 amide bonds. The molecular formula is C32H31F3N2O7S. The number of nitrogens with zero attached hydrogens (tertiary/aromatic N) is 2. The number of aliphatic hydroxyl groups is 1. The minimum absolute atomic E-state index is 0.0632. The molecule has 3 aromatic rings. The maximum Gasteiger partial charge on any atom is 0.416 e. The highest BCUT2D eigenvalue weighted by atomic mass is 32.2. The van der Waals surface area contributed by atoms with E-state index in [-0.39, 0.29) is 31.7 Å². The van der Waals surface area contributed by atoms with E-state index in [9.17, 15) is 31.5 Å². The van der Waals surface area contributed by atoms with Crippen molar-refractivity contribution in [3.8, 4) is 11.5 Å². The minimum atomic E-state index is -4.72. The van der Waals surface area contributed by atoms with E-state index in [1.54, 1.807) is 30.2 Å². The summed E-state index contributed by atoms with van der Waals surface area (Å²) in [5.41, 5.74) is -1.57. The van der Waals surface area contributed by atoms with E-state index in [1.807, 2.05) is 6.07 Å². The van der Waals surface area contributed by atoms with Crippen LogP contribution in [0, 0.1) is 0 Å². The molecule has 2 aliphatic heterocycles. The second-order valence-corrected chi connectivity index (χ2v) is 14.0. The molecule has 1 aromatic heterocycles. The SMILES string of the molecule is COc1ccc2c3c1O[C@H]1[C@H](N(C)C(=O)/C=C/c4ccoc4)CC[C@@]4(O)[C@@H](C2)N(S(=O)(=O)c2cccc(C(F)(F)F)c2)CC[C@]314. The van der Waals surface area contributed by atoms with Crippen molar-refractivity contribution in [2.24, 2.45) is 0 Å². The smallest absolute Gasteiger partial charge is 0.416 e. The molecule has 0 unspecified atom stereocenters. The molecule has 238 valence electrons. The summed E-state index contributed by atoms with van der Waals surface area (Å²) < 4.78 is 87.2. The van der Waals surface area contributed by atoms with E-state index in [4.69, 9.17) is 13.9 Å². The van der Waals surface area contributed by atoms with Gasteiger partial charge >= 0.3 is 6.18 Å². The van der Waals surface area contributed by atoms with Gasteiger partial charge in [-0.1, -0.05) is 12.1 Å². The van der Waals surface area contributed by atoms with Gasteiger partial charge in [0.2, 0.25) is 15.9 Å². The highest BCUT2D eigenvalue weighted by Gasteiger charge is 2.74. The highest BCUT2D eigenvalue weighted by molar-refractivity contribution is 7.89. The van der Waals surface area contributed by atoms with Crippen molar-refractivity contribution in [2.45, 2.75) is 66.0 Å². The number of alkyl halides is 3. The first-order chi connectivity index (χ1) is 21.3. The van der Waals surface area contributed by atoms with Gasteiger partial charge in [0.05, 0.1) is 53.2 Å². The van der Waals surface area contributed by atoms with Crippen LogP contribution in [0.25, 0.3) is 6.08 Å². The molecule has 7 rings (SSSR count). The van der Waals surface area contributed by atoms with Crippen molar-refractivity contribution < 1.29 is 45.4 Å². The Morgan fingerprint density at radius 2 is 2.00 bits per heavy atom. The summed E-state index contributed by atoms with van der Waals surface area (Å²) in [6.07, 6.45) is 1.31. The summed E-state index contributed by atoms with van der Waals surface area (Å²) in [5, 5.41) is 12.8. The van der Waals surface area contributed by atoms with Crippen LogP contribution in [0.15, 0.2) is 70.4 Å². The lowest BCUT2D eigenvalue weighted by Crippen LogP contribution is -2.78. The van der Waals surface area contributed by atoms with Crippen LogP contribution in [-0.4, -0.2) is 73.1 Å². The average molecular weight is 645 g/mol. The van der Waals surface area contributed by atoms with E-state index in [0.29, 0.717) is 24.0 Å². The number of carbonyl (C=O) groups is 1. The number of piperidine rings is 1. The summed E-state index contributed by atoms with van der Waals surface area (Å²) in [6, 6.07) is 7.49. The number of amides is 1. The number of ether oxygens (including phenoxy) is 2. The summed E-state index contributed by atoms with van der Waals surface area (Å²) >= 11 is 0. The van der Waals surface area contributed by atoms with Gasteiger partial charge in [-0.25, -0.2) is 8.42 Å². The van der Waals surface area contributed by atoms with Gasteiger partial charge < -0.3 is 23.9 Å². The Balaban J connectivity index is 1.31. The number of methoxy groups -OCH3 is 1. The van der Waals surface area contributed by atoms with Crippen molar-refractivity contribution >= 4 is 22.0 Å². The lowest BCUT2D eigenvalue weighted by Gasteiger charge is -2.64. The predicted molar refractivity (Wildman–Crippen MR) is 155 cm³/mol. The van der Waals surface area contributed by atoms with Gasteiger partial charge in [-0.3, -0.25) is 4.79 Å². The molecule has 4 aliphatic rings. The van der Waals surface area contributed by atoms with Gasteiger partial charge in [0.1, 0.15) is 6.10 Å². The molecule has 2 aliphatic carbocycles. The lowest BCUT2D eigenvalue weighted by molar-refractivity contribution is -0.186. The molecule has 1 spiro atoms. The number of rotatable bonds is 6. The van der Waals surface area contributed by atoms with Crippen LogP contribution in [0.5, 0.6) is 11.5 Å². The van der Waals surface area contributed by atoms with Gasteiger partial charge in [0.15, 0.2) is 11.5 Å². The molecule has 13 heteroatoms. The number of halogens is 3. The normalized spacial score (nSPS) is 28.9. The van der Waals surface area contributed by atoms with Gasteiger partial charge in [-0.05, 0) is 67.7 Å². The second-order valence-electron chi connectivity index (χ2n) is 12.1. The first kappa shape index (κ1) is 29.9. The Kier molecular flexibility index (Phi) is 6.70. The average Bonchev–Trinajstić information content (AvgIpc) is 3.65. The third-order valence-electron chi connectivity index (χ3n) is 10.2. The summed E-state index contributed by atoms with van der Waals surface area (Å²) in [6.45, 7) is -0.0632. The monoisotopic (exact) mass is 644 g/mol. The van der Waals surface area contributed by atoms with Crippen molar-refractivity contribution in [3.05, 3.63) is 83.3 Å². The van der Waals surface area contributed by atoms with Crippen molar-refractivity contribution in [2.75, 3.05) is 20.7 Å². The first-order valence-electron chi connectivity index (χ1n) is 14.6. The van der Waals surface area contributed by atoms with Crippen LogP contribution in [0.4, 0.5) is 13.2 Å². The lowest BCUT2D eigenvalue weighted by atomic mass is 9.48. The van der Waals surface area contributed by atoms with Crippen LogP contribution >= 0.6 is 0 Å². The molecule has 1 N–H and O–H groups in total. The third kappa shape index (κ3) is 4.20. The van der Waals surface area contributed by atoms with Crippen molar-refractivity contribution in [1.29, 1.82) is 0 Å². The topological polar surface area (TPSA) is 110 Å². The molecule has 9 nitrogen and oxygen atoms in total. The largest absolute Gasteiger partial charge is 0.493 e. The Bertz CT molecular complexity index is 1810. The van der Waals surface area contributed by atoms with E-state index in [2.05, 4.69) is 0 Å². The van der Waals surface area contributed by atoms with Gasteiger partial charge in [0, 0.05) is 30.8 Å². The standard InChI is InChI=1S/C32H31F3N2O7S/c1-36(26(38)9-6-19-11-15-43-18-19)23-10-12-31(39)25-16-20-7-8-24(42-2)28-27(20)30(31,29(23)44-28)13-14-37(25)45(40,41)22-5-3-4-21(17-22)32(33,34)35/h3-9,11,15,17-18,23,25,29,39H,10,12-14,16H2,1-2H3/b9-6+/t23-,25-,29+,30+,31-/m1/s1. The van der Waals surface area contributed by atoms with Crippen LogP contribution in [0.2, 0.25) is 0 Å². The summed E-state index contributed by atoms with van der Waals surface area (Å²) in [4.78, 5) is 14.5. The van der Waals surface area contributed by atoms with Gasteiger partial charge in [-0.15, -0.1) is 0 Å². The summed E-state index contributed by atoms with van der Waals surface area (Å²) in [5.74, 6) is 0.643. The molecule has 1 saturated heterocycles. The molecule has 1 saturated carbocycles. The number of likely N-dealkylation sites (N-methyl/N-ethyl adjacent to an activating group) is 1. The predicted octanol–water partition coefficient (Wildman–Crippen LogP) is 4.39. The van der Waals surface area contributed by atoms with Gasteiger partial charge in [-0.2, -0.15) is 17.5 Å². The summed E-state index contributed by atoms with van der Waals surface area (Å²) in [7, 11) is -1.27. The number of sulfonamides is 1. The number of hydrogen-bond acceptors (Lipinski definition) is 7. The molecule has 0 radical (unpaired) electrons. The van der Waals surface area contributed by atoms with Crippen LogP contribution in [0.3, 0.4) is 0 Å². The Hall–Kier alpha value is -3.81. The zero-order valence-electron chi connectivity index (χ0n) is 24.5. The molecule has 5 atom stereocenters. The fraction of sp³-hybridized carbons (Fsp3) is 0.406. The quantitative estimate of drug-likeness (QED) is 0.397. The second kappa shape index (κ2) is 10.1. The Morgan fingerprint density at radius 1 is 1.20 bits per heavy atom. The Labute approximate surface area is 257 Å². The van der Waals surface area contributed by atoms with Crippen molar-refractivity contribution in [1.82, 2.24) is 9.21 Å². The van der Waals surface area contributed by atoms with Crippen LogP contribution in [-0.2, 0) is 32.8 Å². The molecule has 3 heterocycles. The molecule has 2 aromatic carbocycles. The fourth-order valence-electron chi connectivity index (χ4n) is 8.10. The maximum atomic E-state index is 14.0. The Morgan fingerprint density at radius 3 is 2.71 bits per heavy atom. The number of furan rings is 1. The van der Waals surface area contributed by atoms with Crippen LogP contribution < -0.4 is 9.47 Å². The molecule has 2 bridgehead atoms. The van der Waals surface area contributed by atoms with Gasteiger partial charge in [0.25, 0.3) is 0 Å². The minimum Gasteiger partial charge on any atom is -0.493 e. The van der Waals surface area contributed by atoms with E-state index in [0.717, 1.165) is 34.9 Å². The first-order valence-corrected chi connectivity index (χ1v) is 16.0. The molecule has 45 heavy (non-hydrogen) atoms. The number of hydrogen-bond donors (Lipinski definition) is 1.